The van der Waals surface area contributed by atoms with E-state index in [9.17, 15) is 36.0 Å². The summed E-state index contributed by atoms with van der Waals surface area (Å²) in [6.07, 6.45) is 0. The van der Waals surface area contributed by atoms with Gasteiger partial charge < -0.3 is 19.7 Å². The third-order valence-electron chi connectivity index (χ3n) is 3.48. The molecule has 0 atom stereocenters. The number of ether oxygens (including phenoxy) is 1. The molecule has 0 saturated carbocycles. The van der Waals surface area contributed by atoms with E-state index in [-0.39, 0.29) is 20.7 Å². The van der Waals surface area contributed by atoms with Crippen LogP contribution in [0.3, 0.4) is 0 Å². The van der Waals surface area contributed by atoms with Crippen molar-refractivity contribution in [3.63, 3.8) is 0 Å². The second kappa shape index (κ2) is 11.1. The molecule has 0 fully saturated rings. The number of benzene rings is 1. The van der Waals surface area contributed by atoms with Crippen molar-refractivity contribution in [2.24, 2.45) is 0 Å². The van der Waals surface area contributed by atoms with E-state index in [4.69, 9.17) is 4.74 Å². The number of alkyl halides is 3. The third kappa shape index (κ3) is 7.00. The average Bonchev–Trinajstić information content (AvgIpc) is 2.61. The molecule has 9 nitrogen and oxygen atoms in total. The molecule has 0 unspecified atom stereocenters. The SMILES string of the molecule is CC(=O)Nc1c(I)c(C(=O)OCC[N-]S(=O)(=O)C(F)(F)F)c(I)c(N(C)C(C)=O)c1I. The molecular formula is C15H14F3I3N3O6S-. The number of nitrogens with one attached hydrogen (secondary N) is 1. The Balaban J connectivity index is 3.28. The van der Waals surface area contributed by atoms with Crippen LogP contribution >= 0.6 is 67.8 Å². The highest BCUT2D eigenvalue weighted by Gasteiger charge is 2.38. The van der Waals surface area contributed by atoms with Gasteiger partial charge in [0.05, 0.1) is 34.3 Å². The van der Waals surface area contributed by atoms with Gasteiger partial charge >= 0.3 is 11.5 Å². The Hall–Kier alpha value is -0.480. The first kappa shape index (κ1) is 28.6. The summed E-state index contributed by atoms with van der Waals surface area (Å²) in [5.41, 5.74) is -5.04. The highest BCUT2D eigenvalue weighted by Crippen LogP contribution is 2.40. The molecule has 31 heavy (non-hydrogen) atoms. The van der Waals surface area contributed by atoms with Crippen LogP contribution in [0.5, 0.6) is 0 Å². The third-order valence-corrected chi connectivity index (χ3v) is 7.77. The van der Waals surface area contributed by atoms with Crippen LogP contribution in [0.15, 0.2) is 0 Å². The number of carbonyl (C=O) groups excluding carboxylic acids is 3. The van der Waals surface area contributed by atoms with Crippen LogP contribution in [0.1, 0.15) is 24.2 Å². The number of amides is 2. The molecule has 174 valence electrons. The summed E-state index contributed by atoms with van der Waals surface area (Å²) in [6, 6.07) is 0. The average molecular weight is 802 g/mol. The molecule has 0 aliphatic rings. The Bertz CT molecular complexity index is 1020. The van der Waals surface area contributed by atoms with Crippen LogP contribution in [0.4, 0.5) is 24.5 Å². The van der Waals surface area contributed by atoms with Crippen molar-refractivity contribution < 1.29 is 40.7 Å². The monoisotopic (exact) mass is 802 g/mol. The van der Waals surface area contributed by atoms with E-state index in [1.165, 1.54) is 25.8 Å². The first-order valence-electron chi connectivity index (χ1n) is 7.92. The number of nitrogens with zero attached hydrogens (tertiary/aromatic N) is 2. The lowest BCUT2D eigenvalue weighted by atomic mass is 10.1. The lowest BCUT2D eigenvalue weighted by Crippen LogP contribution is -2.27. The molecule has 16 heteroatoms. The standard InChI is InChI=1S/C15H14F3I3N3O6S/c1-6(25)23-12-9(19)8(10(20)13(11(12)21)24(3)7(2)26)14(27)30-5-4-22-31(28,29)15(16,17)18/h4-5H2,1-3H3,(H,23,25)/q-1. The van der Waals surface area contributed by atoms with E-state index >= 15 is 0 Å². The lowest BCUT2D eigenvalue weighted by molar-refractivity contribution is -0.116. The number of rotatable bonds is 7. The molecule has 1 rings (SSSR count). The first-order chi connectivity index (χ1) is 14.0. The molecule has 1 aromatic rings. The minimum absolute atomic E-state index is 0.0489. The van der Waals surface area contributed by atoms with E-state index in [0.29, 0.717) is 12.8 Å². The van der Waals surface area contributed by atoms with Crippen molar-refractivity contribution in [3.05, 3.63) is 21.0 Å². The molecule has 0 bridgehead atoms. The fourth-order valence-corrected chi connectivity index (χ4v) is 7.07. The summed E-state index contributed by atoms with van der Waals surface area (Å²) in [5, 5.41) is 2.58. The van der Waals surface area contributed by atoms with Gasteiger partial charge in [-0.05, 0) is 67.8 Å². The zero-order valence-electron chi connectivity index (χ0n) is 15.9. The maximum atomic E-state index is 12.6. The zero-order valence-corrected chi connectivity index (χ0v) is 23.2. The van der Waals surface area contributed by atoms with Gasteiger partial charge in [-0.1, -0.05) is 0 Å². The van der Waals surface area contributed by atoms with Crippen molar-refractivity contribution in [2.45, 2.75) is 19.4 Å². The fourth-order valence-electron chi connectivity index (χ4n) is 2.01. The summed E-state index contributed by atoms with van der Waals surface area (Å²) >= 11 is 5.50. The van der Waals surface area contributed by atoms with Crippen LogP contribution in [0.2, 0.25) is 0 Å². The van der Waals surface area contributed by atoms with Gasteiger partial charge in [-0.25, -0.2) is 13.2 Å². The smallest absolute Gasteiger partial charge is 0.480 e. The Morgan fingerprint density at radius 2 is 1.65 bits per heavy atom. The van der Waals surface area contributed by atoms with Crippen molar-refractivity contribution >= 4 is 107 Å². The molecule has 0 aliphatic carbocycles. The second-order valence-electron chi connectivity index (χ2n) is 5.71. The molecule has 0 spiro atoms. The molecule has 0 heterocycles. The minimum atomic E-state index is -5.69. The number of carbonyl (C=O) groups is 3. The van der Waals surface area contributed by atoms with Crippen molar-refractivity contribution in [3.8, 4) is 0 Å². The molecular weight excluding hydrogens is 788 g/mol. The lowest BCUT2D eigenvalue weighted by Gasteiger charge is -2.24. The van der Waals surface area contributed by atoms with Crippen LogP contribution in [-0.4, -0.2) is 51.9 Å². The number of anilines is 2. The fraction of sp³-hybridized carbons (Fsp3) is 0.400. The van der Waals surface area contributed by atoms with E-state index < -0.39 is 40.6 Å². The second-order valence-corrected chi connectivity index (χ2v) is 10.6. The minimum Gasteiger partial charge on any atom is -0.538 e. The Morgan fingerprint density at radius 1 is 1.10 bits per heavy atom. The Labute approximate surface area is 216 Å². The van der Waals surface area contributed by atoms with Crippen LogP contribution in [-0.2, 0) is 24.3 Å². The zero-order chi connectivity index (χ0) is 24.3. The molecule has 2 amide bonds. The van der Waals surface area contributed by atoms with Gasteiger partial charge in [0.15, 0.2) is 10.0 Å². The number of hydrogen-bond donors (Lipinski definition) is 1. The number of sulfonamides is 1. The van der Waals surface area contributed by atoms with Gasteiger partial charge in [0.25, 0.3) is 0 Å². The summed E-state index contributed by atoms with van der Waals surface area (Å²) < 4.78 is 67.2. The molecule has 0 aromatic heterocycles. The highest BCUT2D eigenvalue weighted by atomic mass is 127. The van der Waals surface area contributed by atoms with E-state index in [1.54, 1.807) is 45.2 Å². The van der Waals surface area contributed by atoms with Crippen LogP contribution in [0, 0.1) is 10.7 Å². The van der Waals surface area contributed by atoms with Crippen LogP contribution < -0.4 is 10.2 Å². The topological polar surface area (TPSA) is 124 Å². The molecule has 1 aromatic carbocycles. The molecule has 0 radical (unpaired) electrons. The summed E-state index contributed by atoms with van der Waals surface area (Å²) in [5.74, 6) is -1.79. The summed E-state index contributed by atoms with van der Waals surface area (Å²) in [6.45, 7) is 0.880. The first-order valence-corrected chi connectivity index (χ1v) is 12.6. The Morgan fingerprint density at radius 3 is 2.10 bits per heavy atom. The van der Waals surface area contributed by atoms with Crippen molar-refractivity contribution in [1.82, 2.24) is 0 Å². The number of halogens is 6. The molecule has 0 aliphatic heterocycles. The molecule has 0 saturated heterocycles. The van der Waals surface area contributed by atoms with E-state index in [0.717, 1.165) is 0 Å². The largest absolute Gasteiger partial charge is 0.538 e. The van der Waals surface area contributed by atoms with Gasteiger partial charge in [0.2, 0.25) is 11.8 Å². The van der Waals surface area contributed by atoms with Crippen LogP contribution in [0.25, 0.3) is 4.72 Å². The van der Waals surface area contributed by atoms with Gasteiger partial charge in [0.1, 0.15) is 0 Å². The number of esters is 1. The van der Waals surface area contributed by atoms with Gasteiger partial charge in [-0.3, -0.25) is 9.59 Å². The van der Waals surface area contributed by atoms with Gasteiger partial charge in [-0.2, -0.15) is 13.2 Å². The van der Waals surface area contributed by atoms with Gasteiger partial charge in [-0.15, -0.1) is 6.54 Å². The van der Waals surface area contributed by atoms with Gasteiger partial charge in [0, 0.05) is 20.9 Å². The van der Waals surface area contributed by atoms with Crippen molar-refractivity contribution in [1.29, 1.82) is 0 Å². The van der Waals surface area contributed by atoms with E-state index in [2.05, 4.69) is 10.0 Å². The maximum absolute atomic E-state index is 12.6. The highest BCUT2D eigenvalue weighted by molar-refractivity contribution is 14.1. The Kier molecular flexibility index (Phi) is 10.2. The van der Waals surface area contributed by atoms with Crippen molar-refractivity contribution in [2.75, 3.05) is 30.4 Å². The summed E-state index contributed by atoms with van der Waals surface area (Å²) in [7, 11) is -4.23. The summed E-state index contributed by atoms with van der Waals surface area (Å²) in [4.78, 5) is 37.4. The quantitative estimate of drug-likeness (QED) is 0.254. The maximum Gasteiger partial charge on any atom is 0.480 e. The van der Waals surface area contributed by atoms with E-state index in [1.807, 2.05) is 22.6 Å². The predicted molar refractivity (Wildman–Crippen MR) is 131 cm³/mol. The number of hydrogen-bond acceptors (Lipinski definition) is 6. The normalized spacial score (nSPS) is 11.8. The molecule has 1 N–H and O–H groups in total. The predicted octanol–water partition coefficient (Wildman–Crippen LogP) is 3.82.